The first kappa shape index (κ1) is 10.5. The second kappa shape index (κ2) is 5.19. The fraction of sp³-hybridized carbons (Fsp3) is 0.889. The summed E-state index contributed by atoms with van der Waals surface area (Å²) in [6.07, 6.45) is 1.40. The van der Waals surface area contributed by atoms with Crippen molar-refractivity contribution in [1.82, 2.24) is 0 Å². The lowest BCUT2D eigenvalue weighted by molar-refractivity contribution is -0.159. The number of methoxy groups -OCH3 is 1. The van der Waals surface area contributed by atoms with Gasteiger partial charge in [-0.25, -0.2) is 4.79 Å². The smallest absolute Gasteiger partial charge is 0.334 e. The average molecular weight is 188 g/mol. The molecule has 1 saturated heterocycles. The third-order valence-corrected chi connectivity index (χ3v) is 2.10. The van der Waals surface area contributed by atoms with Crippen molar-refractivity contribution < 1.29 is 19.0 Å². The molecule has 0 amide bonds. The van der Waals surface area contributed by atoms with Crippen molar-refractivity contribution in [2.24, 2.45) is 0 Å². The Morgan fingerprint density at radius 2 is 2.08 bits per heavy atom. The zero-order chi connectivity index (χ0) is 9.68. The van der Waals surface area contributed by atoms with E-state index < -0.39 is 6.10 Å². The zero-order valence-electron chi connectivity index (χ0n) is 8.12. The van der Waals surface area contributed by atoms with Crippen LogP contribution in [0.25, 0.3) is 0 Å². The number of rotatable bonds is 3. The first-order valence-corrected chi connectivity index (χ1v) is 4.55. The van der Waals surface area contributed by atoms with Crippen molar-refractivity contribution in [2.45, 2.75) is 32.0 Å². The van der Waals surface area contributed by atoms with Gasteiger partial charge in [0.2, 0.25) is 0 Å². The lowest BCUT2D eigenvalue weighted by Crippen LogP contribution is -2.31. The molecule has 4 heteroatoms. The molecule has 0 aromatic heterocycles. The van der Waals surface area contributed by atoms with Gasteiger partial charge in [0.1, 0.15) is 0 Å². The maximum absolute atomic E-state index is 11.0. The second-order valence-corrected chi connectivity index (χ2v) is 3.11. The molecule has 0 aliphatic carbocycles. The fourth-order valence-corrected chi connectivity index (χ4v) is 1.32. The van der Waals surface area contributed by atoms with Gasteiger partial charge in [0.05, 0.1) is 13.2 Å². The van der Waals surface area contributed by atoms with Gasteiger partial charge >= 0.3 is 5.97 Å². The van der Waals surface area contributed by atoms with Crippen LogP contribution in [0.4, 0.5) is 0 Å². The van der Waals surface area contributed by atoms with Crippen molar-refractivity contribution in [3.8, 4) is 0 Å². The summed E-state index contributed by atoms with van der Waals surface area (Å²) in [6, 6.07) is 0. The summed E-state index contributed by atoms with van der Waals surface area (Å²) in [5, 5.41) is 0. The third-order valence-electron chi connectivity index (χ3n) is 2.10. The molecule has 0 aromatic rings. The van der Waals surface area contributed by atoms with Crippen LogP contribution in [0.1, 0.15) is 19.8 Å². The number of hydrogen-bond donors (Lipinski definition) is 0. The maximum atomic E-state index is 11.0. The number of carbonyl (C=O) groups excluding carboxylic acids is 1. The molecule has 1 atom stereocenters. The Balaban J connectivity index is 2.25. The normalized spacial score (nSPS) is 21.1. The Bertz CT molecular complexity index is 163. The van der Waals surface area contributed by atoms with Crippen LogP contribution in [0.15, 0.2) is 0 Å². The highest BCUT2D eigenvalue weighted by molar-refractivity contribution is 5.73. The molecule has 0 spiro atoms. The Kier molecular flexibility index (Phi) is 4.18. The van der Waals surface area contributed by atoms with Gasteiger partial charge in [0.15, 0.2) is 6.10 Å². The molecule has 0 unspecified atom stereocenters. The van der Waals surface area contributed by atoms with E-state index in [0.29, 0.717) is 0 Å². The highest BCUT2D eigenvalue weighted by Gasteiger charge is 2.21. The van der Waals surface area contributed by atoms with Crippen molar-refractivity contribution >= 4 is 5.97 Å². The molecule has 76 valence electrons. The first-order valence-electron chi connectivity index (χ1n) is 4.55. The summed E-state index contributed by atoms with van der Waals surface area (Å²) < 4.78 is 15.2. The summed E-state index contributed by atoms with van der Waals surface area (Å²) in [7, 11) is 1.37. The van der Waals surface area contributed by atoms with Crippen LogP contribution in [0.5, 0.6) is 0 Å². The Morgan fingerprint density at radius 3 is 2.62 bits per heavy atom. The average Bonchev–Trinajstić information content (AvgIpc) is 2.18. The van der Waals surface area contributed by atoms with E-state index in [4.69, 9.17) is 9.47 Å². The van der Waals surface area contributed by atoms with Crippen molar-refractivity contribution in [1.29, 1.82) is 0 Å². The van der Waals surface area contributed by atoms with Crippen LogP contribution in [0.3, 0.4) is 0 Å². The van der Waals surface area contributed by atoms with E-state index in [9.17, 15) is 4.79 Å². The fourth-order valence-electron chi connectivity index (χ4n) is 1.32. The Hall–Kier alpha value is -0.610. The lowest BCUT2D eigenvalue weighted by atomic mass is 10.1. The Morgan fingerprint density at radius 1 is 1.46 bits per heavy atom. The third kappa shape index (κ3) is 3.32. The van der Waals surface area contributed by atoms with E-state index in [1.165, 1.54) is 7.11 Å². The first-order chi connectivity index (χ1) is 6.24. The lowest BCUT2D eigenvalue weighted by Gasteiger charge is -2.24. The van der Waals surface area contributed by atoms with E-state index in [1.54, 1.807) is 6.92 Å². The second-order valence-electron chi connectivity index (χ2n) is 3.11. The summed E-state index contributed by atoms with van der Waals surface area (Å²) in [6.45, 7) is 3.15. The van der Waals surface area contributed by atoms with Crippen LogP contribution in [-0.4, -0.2) is 38.5 Å². The van der Waals surface area contributed by atoms with Gasteiger partial charge in [0.25, 0.3) is 0 Å². The summed E-state index contributed by atoms with van der Waals surface area (Å²) in [5.74, 6) is -0.313. The molecule has 1 heterocycles. The van der Waals surface area contributed by atoms with Crippen LogP contribution in [0.2, 0.25) is 0 Å². The quantitative estimate of drug-likeness (QED) is 0.613. The van der Waals surface area contributed by atoms with Gasteiger partial charge in [0, 0.05) is 13.2 Å². The minimum absolute atomic E-state index is 0.142. The zero-order valence-corrected chi connectivity index (χ0v) is 8.12. The molecule has 1 aliphatic heterocycles. The topological polar surface area (TPSA) is 44.8 Å². The molecule has 0 saturated carbocycles. The highest BCUT2D eigenvalue weighted by Crippen LogP contribution is 2.13. The van der Waals surface area contributed by atoms with Gasteiger partial charge in [-0.1, -0.05) is 0 Å². The van der Waals surface area contributed by atoms with Crippen LogP contribution < -0.4 is 0 Å². The predicted molar refractivity (Wildman–Crippen MR) is 46.4 cm³/mol. The summed E-state index contributed by atoms with van der Waals surface area (Å²) in [5.41, 5.74) is 0. The van der Waals surface area contributed by atoms with Crippen LogP contribution in [-0.2, 0) is 19.0 Å². The Labute approximate surface area is 78.2 Å². The molecule has 0 bridgehead atoms. The molecular weight excluding hydrogens is 172 g/mol. The van der Waals surface area contributed by atoms with Crippen molar-refractivity contribution in [3.05, 3.63) is 0 Å². The molecule has 1 aliphatic rings. The van der Waals surface area contributed by atoms with E-state index >= 15 is 0 Å². The largest absolute Gasteiger partial charge is 0.467 e. The number of carbonyl (C=O) groups is 1. The van der Waals surface area contributed by atoms with Crippen LogP contribution >= 0.6 is 0 Å². The molecule has 0 radical (unpaired) electrons. The van der Waals surface area contributed by atoms with Gasteiger partial charge < -0.3 is 14.2 Å². The highest BCUT2D eigenvalue weighted by atomic mass is 16.6. The minimum Gasteiger partial charge on any atom is -0.467 e. The molecule has 0 aromatic carbocycles. The molecule has 13 heavy (non-hydrogen) atoms. The van der Waals surface area contributed by atoms with E-state index in [2.05, 4.69) is 4.74 Å². The molecular formula is C9H16O4. The van der Waals surface area contributed by atoms with Crippen molar-refractivity contribution in [3.63, 3.8) is 0 Å². The van der Waals surface area contributed by atoms with Gasteiger partial charge in [-0.05, 0) is 19.8 Å². The van der Waals surface area contributed by atoms with Gasteiger partial charge in [-0.3, -0.25) is 0 Å². The minimum atomic E-state index is -0.465. The van der Waals surface area contributed by atoms with E-state index in [1.807, 2.05) is 0 Å². The van der Waals surface area contributed by atoms with E-state index in [-0.39, 0.29) is 12.1 Å². The number of ether oxygens (including phenoxy) is 3. The molecule has 1 fully saturated rings. The van der Waals surface area contributed by atoms with Gasteiger partial charge in [-0.2, -0.15) is 0 Å². The molecule has 1 rings (SSSR count). The van der Waals surface area contributed by atoms with Gasteiger partial charge in [-0.15, -0.1) is 0 Å². The monoisotopic (exact) mass is 188 g/mol. The molecule has 0 N–H and O–H groups in total. The summed E-state index contributed by atoms with van der Waals surface area (Å²) >= 11 is 0. The SMILES string of the molecule is COC(=O)[C@H](C)OC1CCOCC1. The van der Waals surface area contributed by atoms with E-state index in [0.717, 1.165) is 26.1 Å². The number of hydrogen-bond acceptors (Lipinski definition) is 4. The predicted octanol–water partition coefficient (Wildman–Crippen LogP) is 0.744. The maximum Gasteiger partial charge on any atom is 0.334 e. The van der Waals surface area contributed by atoms with Crippen molar-refractivity contribution in [2.75, 3.05) is 20.3 Å². The number of esters is 1. The van der Waals surface area contributed by atoms with Crippen LogP contribution in [0, 0.1) is 0 Å². The molecule has 4 nitrogen and oxygen atoms in total. The summed E-state index contributed by atoms with van der Waals surface area (Å²) in [4.78, 5) is 11.0. The standard InChI is InChI=1S/C9H16O4/c1-7(9(10)11-2)13-8-3-5-12-6-4-8/h7-8H,3-6H2,1-2H3/t7-/m0/s1.